The van der Waals surface area contributed by atoms with Crippen LogP contribution in [0.25, 0.3) is 0 Å². The molecule has 0 spiro atoms. The molecule has 1 aromatic heterocycles. The Bertz CT molecular complexity index is 555. The normalized spacial score (nSPS) is 10.8. The zero-order chi connectivity index (χ0) is 13.0. The van der Waals surface area contributed by atoms with Crippen molar-refractivity contribution in [2.24, 2.45) is 0 Å². The summed E-state index contributed by atoms with van der Waals surface area (Å²) in [7, 11) is 0. The second-order valence-corrected chi connectivity index (χ2v) is 4.94. The van der Waals surface area contributed by atoms with E-state index in [0.717, 1.165) is 24.1 Å². The summed E-state index contributed by atoms with van der Waals surface area (Å²) in [6.07, 6.45) is 1.83. The molecule has 0 atom stereocenters. The summed E-state index contributed by atoms with van der Waals surface area (Å²) in [5, 5.41) is 0. The predicted molar refractivity (Wildman–Crippen MR) is 75.0 cm³/mol. The second-order valence-electron chi connectivity index (χ2n) is 4.94. The van der Waals surface area contributed by atoms with Crippen molar-refractivity contribution >= 4 is 0 Å². The van der Waals surface area contributed by atoms with Crippen molar-refractivity contribution in [2.75, 3.05) is 0 Å². The minimum atomic E-state index is 0.00395. The molecule has 0 unspecified atom stereocenters. The van der Waals surface area contributed by atoms with E-state index in [1.54, 1.807) is 6.07 Å². The molecule has 1 aromatic carbocycles. The van der Waals surface area contributed by atoms with Crippen LogP contribution in [0.3, 0.4) is 0 Å². The lowest BCUT2D eigenvalue weighted by atomic mass is 10.0. The summed E-state index contributed by atoms with van der Waals surface area (Å²) in [5.41, 5.74) is 3.44. The fraction of sp³-hybridized carbons (Fsp3) is 0.312. The van der Waals surface area contributed by atoms with E-state index in [-0.39, 0.29) is 5.56 Å². The molecule has 2 rings (SSSR count). The molecular weight excluding hydrogens is 222 g/mol. The van der Waals surface area contributed by atoms with Gasteiger partial charge in [0.15, 0.2) is 0 Å². The summed E-state index contributed by atoms with van der Waals surface area (Å²) < 4.78 is 0. The molecule has 0 radical (unpaired) electrons. The van der Waals surface area contributed by atoms with E-state index in [9.17, 15) is 4.79 Å². The van der Waals surface area contributed by atoms with Crippen LogP contribution >= 0.6 is 0 Å². The fourth-order valence-corrected chi connectivity index (χ4v) is 2.02. The van der Waals surface area contributed by atoms with E-state index < -0.39 is 0 Å². The van der Waals surface area contributed by atoms with Crippen LogP contribution in [0.2, 0.25) is 0 Å². The molecule has 0 bridgehead atoms. The third-order valence-electron chi connectivity index (χ3n) is 3.11. The molecule has 0 saturated carbocycles. The highest BCUT2D eigenvalue weighted by Gasteiger charge is 2.03. The van der Waals surface area contributed by atoms with Gasteiger partial charge in [0.1, 0.15) is 0 Å². The van der Waals surface area contributed by atoms with Gasteiger partial charge in [0.2, 0.25) is 5.56 Å². The topological polar surface area (TPSA) is 32.9 Å². The van der Waals surface area contributed by atoms with Crippen molar-refractivity contribution in [1.29, 1.82) is 0 Å². The standard InChI is InChI=1S/C16H19NO/c1-12(2)14-10-15(17-16(18)11-14)9-8-13-6-4-3-5-7-13/h3-7,10-12H,8-9H2,1-2H3,(H,17,18). The first-order valence-electron chi connectivity index (χ1n) is 6.42. The van der Waals surface area contributed by atoms with Crippen LogP contribution < -0.4 is 5.56 Å². The van der Waals surface area contributed by atoms with Gasteiger partial charge < -0.3 is 4.98 Å². The summed E-state index contributed by atoms with van der Waals surface area (Å²) in [6, 6.07) is 14.1. The Morgan fingerprint density at radius 2 is 1.78 bits per heavy atom. The maximum Gasteiger partial charge on any atom is 0.248 e. The Morgan fingerprint density at radius 1 is 1.06 bits per heavy atom. The van der Waals surface area contributed by atoms with Crippen molar-refractivity contribution in [3.63, 3.8) is 0 Å². The third-order valence-corrected chi connectivity index (χ3v) is 3.11. The highest BCUT2D eigenvalue weighted by molar-refractivity contribution is 5.21. The van der Waals surface area contributed by atoms with E-state index >= 15 is 0 Å². The molecule has 0 aliphatic carbocycles. The van der Waals surface area contributed by atoms with Gasteiger partial charge in [0.05, 0.1) is 0 Å². The lowest BCUT2D eigenvalue weighted by molar-refractivity contribution is 0.836. The average molecular weight is 241 g/mol. The summed E-state index contributed by atoms with van der Waals surface area (Å²) in [4.78, 5) is 14.5. The SMILES string of the molecule is CC(C)c1cc(CCc2ccccc2)[nH]c(=O)c1. The number of aromatic nitrogens is 1. The van der Waals surface area contributed by atoms with E-state index in [0.29, 0.717) is 5.92 Å². The van der Waals surface area contributed by atoms with Gasteiger partial charge in [-0.15, -0.1) is 0 Å². The van der Waals surface area contributed by atoms with Gasteiger partial charge in [0.25, 0.3) is 0 Å². The molecule has 18 heavy (non-hydrogen) atoms. The zero-order valence-electron chi connectivity index (χ0n) is 10.9. The molecule has 2 nitrogen and oxygen atoms in total. The van der Waals surface area contributed by atoms with Crippen LogP contribution in [0.15, 0.2) is 47.3 Å². The van der Waals surface area contributed by atoms with Crippen molar-refractivity contribution in [3.05, 3.63) is 69.6 Å². The number of hydrogen-bond donors (Lipinski definition) is 1. The number of benzene rings is 1. The number of rotatable bonds is 4. The second kappa shape index (κ2) is 5.67. The van der Waals surface area contributed by atoms with Gasteiger partial charge in [-0.05, 0) is 36.0 Å². The van der Waals surface area contributed by atoms with Crippen molar-refractivity contribution in [1.82, 2.24) is 4.98 Å². The van der Waals surface area contributed by atoms with Gasteiger partial charge in [-0.3, -0.25) is 4.79 Å². The molecular formula is C16H19NO. The Balaban J connectivity index is 2.12. The van der Waals surface area contributed by atoms with Gasteiger partial charge in [0, 0.05) is 11.8 Å². The van der Waals surface area contributed by atoms with E-state index in [1.165, 1.54) is 5.56 Å². The van der Waals surface area contributed by atoms with Crippen molar-refractivity contribution < 1.29 is 0 Å². The third kappa shape index (κ3) is 3.33. The first-order chi connectivity index (χ1) is 8.65. The summed E-state index contributed by atoms with van der Waals surface area (Å²) >= 11 is 0. The minimum absolute atomic E-state index is 0.00395. The first kappa shape index (κ1) is 12.6. The molecule has 2 aromatic rings. The molecule has 0 saturated heterocycles. The summed E-state index contributed by atoms with van der Waals surface area (Å²) in [5.74, 6) is 0.391. The first-order valence-corrected chi connectivity index (χ1v) is 6.42. The van der Waals surface area contributed by atoms with Gasteiger partial charge in [-0.25, -0.2) is 0 Å². The fourth-order valence-electron chi connectivity index (χ4n) is 2.02. The molecule has 1 N–H and O–H groups in total. The molecule has 0 fully saturated rings. The number of nitrogens with one attached hydrogen (secondary N) is 1. The highest BCUT2D eigenvalue weighted by atomic mass is 16.1. The molecule has 0 amide bonds. The van der Waals surface area contributed by atoms with Crippen LogP contribution in [0.5, 0.6) is 0 Å². The van der Waals surface area contributed by atoms with E-state index in [1.807, 2.05) is 18.2 Å². The number of aromatic amines is 1. The lowest BCUT2D eigenvalue weighted by Crippen LogP contribution is -2.10. The zero-order valence-corrected chi connectivity index (χ0v) is 10.9. The largest absolute Gasteiger partial charge is 0.326 e. The highest BCUT2D eigenvalue weighted by Crippen LogP contribution is 2.13. The predicted octanol–water partition coefficient (Wildman–Crippen LogP) is 3.28. The number of hydrogen-bond acceptors (Lipinski definition) is 1. The molecule has 0 aliphatic heterocycles. The smallest absolute Gasteiger partial charge is 0.248 e. The van der Waals surface area contributed by atoms with Gasteiger partial charge >= 0.3 is 0 Å². The quantitative estimate of drug-likeness (QED) is 0.875. The van der Waals surface area contributed by atoms with Crippen molar-refractivity contribution in [2.45, 2.75) is 32.6 Å². The van der Waals surface area contributed by atoms with Gasteiger partial charge in [-0.1, -0.05) is 44.2 Å². The van der Waals surface area contributed by atoms with Crippen LogP contribution in [0, 0.1) is 0 Å². The monoisotopic (exact) mass is 241 g/mol. The number of aryl methyl sites for hydroxylation is 2. The van der Waals surface area contributed by atoms with E-state index in [4.69, 9.17) is 0 Å². The Labute approximate surface area is 108 Å². The van der Waals surface area contributed by atoms with Crippen LogP contribution in [-0.4, -0.2) is 4.98 Å². The Morgan fingerprint density at radius 3 is 2.44 bits per heavy atom. The molecule has 2 heteroatoms. The van der Waals surface area contributed by atoms with E-state index in [2.05, 4.69) is 37.0 Å². The Kier molecular flexibility index (Phi) is 3.98. The Hall–Kier alpha value is -1.83. The number of pyridine rings is 1. The molecule has 94 valence electrons. The molecule has 1 heterocycles. The maximum atomic E-state index is 11.6. The van der Waals surface area contributed by atoms with Crippen LogP contribution in [0.4, 0.5) is 0 Å². The minimum Gasteiger partial charge on any atom is -0.326 e. The lowest BCUT2D eigenvalue weighted by Gasteiger charge is -2.08. The maximum absolute atomic E-state index is 11.6. The van der Waals surface area contributed by atoms with Crippen LogP contribution in [-0.2, 0) is 12.8 Å². The summed E-state index contributed by atoms with van der Waals surface area (Å²) in [6.45, 7) is 4.21. The van der Waals surface area contributed by atoms with Gasteiger partial charge in [-0.2, -0.15) is 0 Å². The number of H-pyrrole nitrogens is 1. The van der Waals surface area contributed by atoms with Crippen LogP contribution in [0.1, 0.15) is 36.6 Å². The van der Waals surface area contributed by atoms with Crippen molar-refractivity contribution in [3.8, 4) is 0 Å². The average Bonchev–Trinajstić information content (AvgIpc) is 2.37. The molecule has 0 aliphatic rings.